The maximum absolute atomic E-state index is 12.6. The minimum Gasteiger partial charge on any atom is -0.497 e. The van der Waals surface area contributed by atoms with E-state index < -0.39 is 0 Å². The number of benzene rings is 2. The highest BCUT2D eigenvalue weighted by molar-refractivity contribution is 7.14. The summed E-state index contributed by atoms with van der Waals surface area (Å²) in [7, 11) is 4.74. The van der Waals surface area contributed by atoms with Crippen LogP contribution in [0.5, 0.6) is 17.2 Å². The molecule has 0 fully saturated rings. The quantitative estimate of drug-likeness (QED) is 0.610. The highest BCUT2D eigenvalue weighted by Gasteiger charge is 2.15. The maximum atomic E-state index is 12.6. The molecule has 3 aromatic rings. The summed E-state index contributed by atoms with van der Waals surface area (Å²) in [5.74, 6) is 1.59. The van der Waals surface area contributed by atoms with E-state index >= 15 is 0 Å². The molecule has 0 unspecified atom stereocenters. The van der Waals surface area contributed by atoms with Crippen LogP contribution in [0.1, 0.15) is 16.1 Å². The predicted octanol–water partition coefficient (Wildman–Crippen LogP) is 4.47. The van der Waals surface area contributed by atoms with Crippen molar-refractivity contribution in [1.82, 2.24) is 4.98 Å². The van der Waals surface area contributed by atoms with Gasteiger partial charge in [0, 0.05) is 11.4 Å². The lowest BCUT2D eigenvalue weighted by molar-refractivity contribution is 0.102. The second-order valence-corrected chi connectivity index (χ2v) is 6.75. The van der Waals surface area contributed by atoms with Gasteiger partial charge in [-0.2, -0.15) is 0 Å². The van der Waals surface area contributed by atoms with Gasteiger partial charge in [0.1, 0.15) is 22.9 Å². The van der Waals surface area contributed by atoms with Crippen LogP contribution in [0.2, 0.25) is 0 Å². The van der Waals surface area contributed by atoms with Gasteiger partial charge < -0.3 is 24.8 Å². The average Bonchev–Trinajstić information content (AvgIpc) is 3.17. The van der Waals surface area contributed by atoms with Gasteiger partial charge in [-0.15, -0.1) is 11.3 Å². The van der Waals surface area contributed by atoms with Crippen molar-refractivity contribution in [2.24, 2.45) is 0 Å². The molecule has 28 heavy (non-hydrogen) atoms. The van der Waals surface area contributed by atoms with Crippen LogP contribution in [0.25, 0.3) is 0 Å². The Morgan fingerprint density at radius 1 is 0.964 bits per heavy atom. The lowest BCUT2D eigenvalue weighted by atomic mass is 10.2. The highest BCUT2D eigenvalue weighted by Crippen LogP contribution is 2.32. The van der Waals surface area contributed by atoms with Crippen molar-refractivity contribution in [1.29, 1.82) is 0 Å². The number of nitrogens with zero attached hydrogens (tertiary/aromatic N) is 1. The molecule has 0 spiro atoms. The lowest BCUT2D eigenvalue weighted by Gasteiger charge is -2.11. The Labute approximate surface area is 167 Å². The van der Waals surface area contributed by atoms with Crippen molar-refractivity contribution in [3.63, 3.8) is 0 Å². The number of aromatic nitrogens is 1. The number of rotatable bonds is 7. The van der Waals surface area contributed by atoms with Crippen LogP contribution >= 0.6 is 11.3 Å². The second-order valence-electron chi connectivity index (χ2n) is 5.89. The summed E-state index contributed by atoms with van der Waals surface area (Å²) in [6.07, 6.45) is 0. The molecule has 0 radical (unpaired) electrons. The van der Waals surface area contributed by atoms with Gasteiger partial charge in [0.25, 0.3) is 5.91 Å². The number of carbonyl (C=O) groups is 1. The minimum atomic E-state index is -0.310. The first kappa shape index (κ1) is 19.5. The number of methoxy groups -OCH3 is 3. The number of aryl methyl sites for hydroxylation is 1. The van der Waals surface area contributed by atoms with E-state index in [0.717, 1.165) is 11.3 Å². The molecular formula is C20H21N3O4S. The Kier molecular flexibility index (Phi) is 6.00. The van der Waals surface area contributed by atoms with Gasteiger partial charge in [0.05, 0.1) is 32.7 Å². The normalized spacial score (nSPS) is 10.3. The zero-order chi connectivity index (χ0) is 20.1. The van der Waals surface area contributed by atoms with Gasteiger partial charge in [-0.3, -0.25) is 4.79 Å². The molecule has 2 N–H and O–H groups in total. The molecule has 0 saturated heterocycles. The Morgan fingerprint density at radius 2 is 1.75 bits per heavy atom. The molecule has 0 aliphatic heterocycles. The molecule has 1 amide bonds. The molecule has 0 atom stereocenters. The van der Waals surface area contributed by atoms with Gasteiger partial charge in [-0.1, -0.05) is 6.07 Å². The number of amides is 1. The lowest BCUT2D eigenvalue weighted by Crippen LogP contribution is -2.13. The van der Waals surface area contributed by atoms with Crippen molar-refractivity contribution in [3.05, 3.63) is 53.0 Å². The van der Waals surface area contributed by atoms with E-state index in [2.05, 4.69) is 15.6 Å². The zero-order valence-electron chi connectivity index (χ0n) is 16.0. The van der Waals surface area contributed by atoms with Gasteiger partial charge in [0.2, 0.25) is 0 Å². The summed E-state index contributed by atoms with van der Waals surface area (Å²) in [6, 6.07) is 11.0. The fourth-order valence-electron chi connectivity index (χ4n) is 2.56. The Balaban J connectivity index is 1.75. The largest absolute Gasteiger partial charge is 0.497 e. The van der Waals surface area contributed by atoms with Gasteiger partial charge in [0.15, 0.2) is 5.13 Å². The minimum absolute atomic E-state index is 0.309. The monoisotopic (exact) mass is 399 g/mol. The number of hydrogen-bond acceptors (Lipinski definition) is 7. The summed E-state index contributed by atoms with van der Waals surface area (Å²) in [4.78, 5) is 16.9. The molecule has 0 bridgehead atoms. The van der Waals surface area contributed by atoms with E-state index in [0.29, 0.717) is 33.8 Å². The van der Waals surface area contributed by atoms with Crippen LogP contribution in [0, 0.1) is 6.92 Å². The third-order valence-corrected chi connectivity index (χ3v) is 4.75. The van der Waals surface area contributed by atoms with Crippen molar-refractivity contribution in [2.45, 2.75) is 6.92 Å². The van der Waals surface area contributed by atoms with Crippen LogP contribution in [-0.4, -0.2) is 32.2 Å². The van der Waals surface area contributed by atoms with E-state index in [1.807, 2.05) is 37.3 Å². The standard InChI is InChI=1S/C20H21N3O4S/c1-12-5-8-17(26-3)15(9-12)21-19(24)16-11-28-20(23-16)22-14-7-6-13(25-2)10-18(14)27-4/h5-11H,1-4H3,(H,21,24)(H,22,23). The van der Waals surface area contributed by atoms with Gasteiger partial charge in [-0.25, -0.2) is 4.98 Å². The van der Waals surface area contributed by atoms with Crippen LogP contribution in [0.3, 0.4) is 0 Å². The number of carbonyl (C=O) groups excluding carboxylic acids is 1. The Morgan fingerprint density at radius 3 is 2.46 bits per heavy atom. The molecule has 1 aromatic heterocycles. The number of thiazole rings is 1. The van der Waals surface area contributed by atoms with Crippen LogP contribution in [0.4, 0.5) is 16.5 Å². The van der Waals surface area contributed by atoms with Gasteiger partial charge >= 0.3 is 0 Å². The van der Waals surface area contributed by atoms with Crippen molar-refractivity contribution < 1.29 is 19.0 Å². The molecule has 2 aromatic carbocycles. The zero-order valence-corrected chi connectivity index (χ0v) is 16.8. The third kappa shape index (κ3) is 4.34. The van der Waals surface area contributed by atoms with E-state index in [-0.39, 0.29) is 5.91 Å². The fourth-order valence-corrected chi connectivity index (χ4v) is 3.26. The highest BCUT2D eigenvalue weighted by atomic mass is 32.1. The summed E-state index contributed by atoms with van der Waals surface area (Å²) in [6.45, 7) is 1.95. The SMILES string of the molecule is COc1ccc(Nc2nc(C(=O)Nc3cc(C)ccc3OC)cs2)c(OC)c1. The van der Waals surface area contributed by atoms with Crippen molar-refractivity contribution >= 4 is 33.8 Å². The third-order valence-electron chi connectivity index (χ3n) is 3.99. The first-order chi connectivity index (χ1) is 13.5. The summed E-state index contributed by atoms with van der Waals surface area (Å²) < 4.78 is 15.9. The number of hydrogen-bond donors (Lipinski definition) is 2. The van der Waals surface area contributed by atoms with Gasteiger partial charge in [-0.05, 0) is 36.8 Å². The van der Waals surface area contributed by atoms with Crippen molar-refractivity contribution in [3.8, 4) is 17.2 Å². The molecule has 0 aliphatic carbocycles. The average molecular weight is 399 g/mol. The van der Waals surface area contributed by atoms with E-state index in [9.17, 15) is 4.79 Å². The Hall–Kier alpha value is -3.26. The van der Waals surface area contributed by atoms with Crippen LogP contribution in [-0.2, 0) is 0 Å². The molecule has 8 heteroatoms. The number of anilines is 3. The molecule has 0 saturated carbocycles. The number of nitrogens with one attached hydrogen (secondary N) is 2. The number of ether oxygens (including phenoxy) is 3. The Bertz CT molecular complexity index is 987. The fraction of sp³-hybridized carbons (Fsp3) is 0.200. The molecule has 1 heterocycles. The summed E-state index contributed by atoms with van der Waals surface area (Å²) in [5.41, 5.74) is 2.66. The molecule has 3 rings (SSSR count). The smallest absolute Gasteiger partial charge is 0.275 e. The summed E-state index contributed by atoms with van der Waals surface area (Å²) in [5, 5.41) is 8.28. The predicted molar refractivity (Wildman–Crippen MR) is 111 cm³/mol. The second kappa shape index (κ2) is 8.62. The summed E-state index contributed by atoms with van der Waals surface area (Å²) >= 11 is 1.32. The van der Waals surface area contributed by atoms with Crippen LogP contribution < -0.4 is 24.8 Å². The van der Waals surface area contributed by atoms with E-state index in [1.165, 1.54) is 11.3 Å². The molecule has 0 aliphatic rings. The first-order valence-corrected chi connectivity index (χ1v) is 9.32. The van der Waals surface area contributed by atoms with E-state index in [1.54, 1.807) is 32.8 Å². The first-order valence-electron chi connectivity index (χ1n) is 8.44. The molecular weight excluding hydrogens is 378 g/mol. The topological polar surface area (TPSA) is 81.7 Å². The molecule has 146 valence electrons. The molecule has 7 nitrogen and oxygen atoms in total. The van der Waals surface area contributed by atoms with Crippen molar-refractivity contribution in [2.75, 3.05) is 32.0 Å². The van der Waals surface area contributed by atoms with Crippen LogP contribution in [0.15, 0.2) is 41.8 Å². The van der Waals surface area contributed by atoms with E-state index in [4.69, 9.17) is 14.2 Å². The maximum Gasteiger partial charge on any atom is 0.275 e.